The predicted molar refractivity (Wildman–Crippen MR) is 67.6 cm³/mol. The number of aromatic nitrogens is 4. The smallest absolute Gasteiger partial charge is 0.351 e. The molecule has 1 aliphatic carbocycles. The van der Waals surface area contributed by atoms with E-state index in [4.69, 9.17) is 5.73 Å². The molecule has 7 nitrogen and oxygen atoms in total. The number of nitrogens with one attached hydrogen (secondary N) is 1. The standard InChI is InChI=1S/C11H16N6O/c12-6-7-16(8-2-1-3-8)10-5-4-9-13-14-11(18)17(9)15-10/h4-5,8H,1-3,6-7,12H2,(H,14,18). The Morgan fingerprint density at radius 2 is 2.33 bits per heavy atom. The van der Waals surface area contributed by atoms with Crippen LogP contribution in [0.25, 0.3) is 5.65 Å². The van der Waals surface area contributed by atoms with Crippen molar-refractivity contribution in [3.8, 4) is 0 Å². The Balaban J connectivity index is 1.99. The van der Waals surface area contributed by atoms with Crippen LogP contribution in [0.4, 0.5) is 5.82 Å². The summed E-state index contributed by atoms with van der Waals surface area (Å²) < 4.78 is 1.29. The van der Waals surface area contributed by atoms with E-state index in [1.165, 1.54) is 23.8 Å². The number of H-pyrrole nitrogens is 1. The number of aromatic amines is 1. The minimum absolute atomic E-state index is 0.312. The number of nitrogens with two attached hydrogens (primary N) is 1. The topological polar surface area (TPSA) is 92.3 Å². The van der Waals surface area contributed by atoms with Crippen LogP contribution < -0.4 is 16.3 Å². The first-order chi connectivity index (χ1) is 8.79. The van der Waals surface area contributed by atoms with Crippen LogP contribution in [0.1, 0.15) is 19.3 Å². The van der Waals surface area contributed by atoms with Crippen molar-refractivity contribution in [3.05, 3.63) is 22.6 Å². The van der Waals surface area contributed by atoms with E-state index in [1.54, 1.807) is 6.07 Å². The molecule has 2 aromatic heterocycles. The molecule has 0 aromatic carbocycles. The van der Waals surface area contributed by atoms with Crippen molar-refractivity contribution in [3.63, 3.8) is 0 Å². The quantitative estimate of drug-likeness (QED) is 0.777. The van der Waals surface area contributed by atoms with Gasteiger partial charge in [0.15, 0.2) is 5.65 Å². The zero-order chi connectivity index (χ0) is 12.5. The lowest BCUT2D eigenvalue weighted by Crippen LogP contribution is -2.43. The van der Waals surface area contributed by atoms with Crippen LogP contribution in [-0.2, 0) is 0 Å². The molecule has 3 N–H and O–H groups in total. The Kier molecular flexibility index (Phi) is 2.75. The summed E-state index contributed by atoms with van der Waals surface area (Å²) in [5, 5.41) is 10.6. The van der Waals surface area contributed by atoms with E-state index in [9.17, 15) is 4.79 Å². The fourth-order valence-corrected chi connectivity index (χ4v) is 2.27. The molecule has 0 atom stereocenters. The van der Waals surface area contributed by atoms with Gasteiger partial charge in [-0.2, -0.15) is 9.61 Å². The zero-order valence-corrected chi connectivity index (χ0v) is 10.0. The molecule has 96 valence electrons. The second kappa shape index (κ2) is 4.41. The third-order valence-corrected chi connectivity index (χ3v) is 3.44. The minimum atomic E-state index is -0.312. The molecule has 2 heterocycles. The summed E-state index contributed by atoms with van der Waals surface area (Å²) >= 11 is 0. The molecule has 7 heteroatoms. The third-order valence-electron chi connectivity index (χ3n) is 3.44. The first-order valence-electron chi connectivity index (χ1n) is 6.21. The average molecular weight is 248 g/mol. The highest BCUT2D eigenvalue weighted by Crippen LogP contribution is 2.27. The molecule has 18 heavy (non-hydrogen) atoms. The van der Waals surface area contributed by atoms with E-state index >= 15 is 0 Å². The van der Waals surface area contributed by atoms with Gasteiger partial charge in [-0.05, 0) is 31.4 Å². The van der Waals surface area contributed by atoms with Gasteiger partial charge in [-0.3, -0.25) is 0 Å². The second-order valence-electron chi connectivity index (χ2n) is 4.56. The summed E-state index contributed by atoms with van der Waals surface area (Å²) in [6.07, 6.45) is 3.58. The van der Waals surface area contributed by atoms with Gasteiger partial charge in [-0.25, -0.2) is 9.89 Å². The molecule has 0 bridgehead atoms. The van der Waals surface area contributed by atoms with Gasteiger partial charge in [0.25, 0.3) is 0 Å². The number of anilines is 1. The molecule has 0 spiro atoms. The molecular weight excluding hydrogens is 232 g/mol. The monoisotopic (exact) mass is 248 g/mol. The van der Waals surface area contributed by atoms with E-state index in [0.29, 0.717) is 18.2 Å². The number of nitrogens with zero attached hydrogens (tertiary/aromatic N) is 4. The molecule has 0 aliphatic heterocycles. The molecule has 1 fully saturated rings. The molecule has 1 saturated carbocycles. The summed E-state index contributed by atoms with van der Waals surface area (Å²) in [7, 11) is 0. The molecule has 0 radical (unpaired) electrons. The highest BCUT2D eigenvalue weighted by atomic mass is 16.2. The summed E-state index contributed by atoms with van der Waals surface area (Å²) in [5.41, 5.74) is 5.87. The largest absolute Gasteiger partial charge is 0.364 e. The fourth-order valence-electron chi connectivity index (χ4n) is 2.27. The van der Waals surface area contributed by atoms with Crippen molar-refractivity contribution in [2.75, 3.05) is 18.0 Å². The van der Waals surface area contributed by atoms with Gasteiger partial charge in [0.2, 0.25) is 0 Å². The first kappa shape index (κ1) is 11.2. The Morgan fingerprint density at radius 1 is 1.50 bits per heavy atom. The van der Waals surface area contributed by atoms with Crippen molar-refractivity contribution >= 4 is 11.5 Å². The van der Waals surface area contributed by atoms with E-state index in [2.05, 4.69) is 20.2 Å². The van der Waals surface area contributed by atoms with Crippen molar-refractivity contribution in [1.82, 2.24) is 19.8 Å². The molecule has 0 saturated heterocycles. The van der Waals surface area contributed by atoms with Crippen LogP contribution in [0.2, 0.25) is 0 Å². The minimum Gasteiger partial charge on any atom is -0.351 e. The normalized spacial score (nSPS) is 15.8. The Bertz CT molecular complexity index is 599. The molecule has 0 amide bonds. The summed E-state index contributed by atoms with van der Waals surface area (Å²) in [6, 6.07) is 4.19. The van der Waals surface area contributed by atoms with E-state index in [-0.39, 0.29) is 5.69 Å². The van der Waals surface area contributed by atoms with Gasteiger partial charge >= 0.3 is 5.69 Å². The lowest BCUT2D eigenvalue weighted by molar-refractivity contribution is 0.385. The van der Waals surface area contributed by atoms with Crippen LogP contribution >= 0.6 is 0 Å². The Labute approximate surface area is 104 Å². The molecule has 0 unspecified atom stereocenters. The maximum absolute atomic E-state index is 11.5. The first-order valence-corrected chi connectivity index (χ1v) is 6.21. The lowest BCUT2D eigenvalue weighted by atomic mass is 9.91. The van der Waals surface area contributed by atoms with E-state index in [1.807, 2.05) is 6.07 Å². The van der Waals surface area contributed by atoms with Gasteiger partial charge in [-0.15, -0.1) is 5.10 Å². The van der Waals surface area contributed by atoms with Crippen molar-refractivity contribution < 1.29 is 0 Å². The van der Waals surface area contributed by atoms with E-state index < -0.39 is 0 Å². The second-order valence-corrected chi connectivity index (χ2v) is 4.56. The van der Waals surface area contributed by atoms with Gasteiger partial charge in [0, 0.05) is 19.1 Å². The highest BCUT2D eigenvalue weighted by molar-refractivity contribution is 5.46. The van der Waals surface area contributed by atoms with Gasteiger partial charge < -0.3 is 10.6 Å². The van der Waals surface area contributed by atoms with Crippen molar-refractivity contribution in [2.45, 2.75) is 25.3 Å². The molecule has 2 aromatic rings. The maximum atomic E-state index is 11.5. The van der Waals surface area contributed by atoms with Gasteiger partial charge in [0.1, 0.15) is 5.82 Å². The van der Waals surface area contributed by atoms with Crippen LogP contribution in [0.3, 0.4) is 0 Å². The van der Waals surface area contributed by atoms with Crippen molar-refractivity contribution in [1.29, 1.82) is 0 Å². The van der Waals surface area contributed by atoms with E-state index in [0.717, 1.165) is 12.4 Å². The molecule has 1 aliphatic rings. The molecule has 3 rings (SSSR count). The number of hydrogen-bond donors (Lipinski definition) is 2. The zero-order valence-electron chi connectivity index (χ0n) is 10.0. The van der Waals surface area contributed by atoms with Crippen LogP contribution in [0, 0.1) is 0 Å². The van der Waals surface area contributed by atoms with Crippen molar-refractivity contribution in [2.24, 2.45) is 5.73 Å². The Hall–Kier alpha value is -1.89. The number of hydrogen-bond acceptors (Lipinski definition) is 5. The number of fused-ring (bicyclic) bond motifs is 1. The highest BCUT2D eigenvalue weighted by Gasteiger charge is 2.25. The number of rotatable bonds is 4. The average Bonchev–Trinajstić information content (AvgIpc) is 2.68. The predicted octanol–water partition coefficient (Wildman–Crippen LogP) is -0.265. The van der Waals surface area contributed by atoms with Crippen LogP contribution in [0.15, 0.2) is 16.9 Å². The van der Waals surface area contributed by atoms with Crippen LogP contribution in [-0.4, -0.2) is 38.9 Å². The lowest BCUT2D eigenvalue weighted by Gasteiger charge is -2.38. The maximum Gasteiger partial charge on any atom is 0.364 e. The summed E-state index contributed by atoms with van der Waals surface area (Å²) in [5.74, 6) is 0.793. The van der Waals surface area contributed by atoms with Crippen LogP contribution in [0.5, 0.6) is 0 Å². The fraction of sp³-hybridized carbons (Fsp3) is 0.545. The SMILES string of the molecule is NCCN(c1ccc2n[nH]c(=O)n2n1)C1CCC1. The van der Waals surface area contributed by atoms with Gasteiger partial charge in [0.05, 0.1) is 0 Å². The third kappa shape index (κ3) is 1.76. The molecular formula is C11H16N6O. The Morgan fingerprint density at radius 3 is 3.00 bits per heavy atom. The summed E-state index contributed by atoms with van der Waals surface area (Å²) in [6.45, 7) is 1.34. The summed E-state index contributed by atoms with van der Waals surface area (Å²) in [4.78, 5) is 13.7. The van der Waals surface area contributed by atoms with Gasteiger partial charge in [-0.1, -0.05) is 0 Å².